The summed E-state index contributed by atoms with van der Waals surface area (Å²) in [4.78, 5) is 11.3. The summed E-state index contributed by atoms with van der Waals surface area (Å²) in [5.41, 5.74) is 1.55. The lowest BCUT2D eigenvalue weighted by Gasteiger charge is -1.92. The number of nitrogens with zero attached hydrogens (tertiary/aromatic N) is 2. The number of hydrogen-bond acceptors (Lipinski definition) is 2. The fourth-order valence-corrected chi connectivity index (χ4v) is 1.66. The molecular formula is C12H8FN3. The summed E-state index contributed by atoms with van der Waals surface area (Å²) in [6.07, 6.45) is 3.35. The van der Waals surface area contributed by atoms with Crippen LogP contribution in [0.3, 0.4) is 0 Å². The molecule has 1 N–H and O–H groups in total. The van der Waals surface area contributed by atoms with Gasteiger partial charge >= 0.3 is 0 Å². The predicted molar refractivity (Wildman–Crippen MR) is 59.3 cm³/mol. The number of benzene rings is 1. The molecule has 0 radical (unpaired) electrons. The highest BCUT2D eigenvalue weighted by atomic mass is 19.1. The minimum Gasteiger partial charge on any atom is -0.352 e. The van der Waals surface area contributed by atoms with Crippen molar-refractivity contribution in [2.45, 2.75) is 0 Å². The van der Waals surface area contributed by atoms with Gasteiger partial charge in [0.05, 0.1) is 5.69 Å². The highest BCUT2D eigenvalue weighted by Gasteiger charge is 2.05. The molecule has 3 rings (SSSR count). The second-order valence-electron chi connectivity index (χ2n) is 3.49. The van der Waals surface area contributed by atoms with Gasteiger partial charge in [-0.2, -0.15) is 0 Å². The van der Waals surface area contributed by atoms with Gasteiger partial charge in [0.15, 0.2) is 5.82 Å². The summed E-state index contributed by atoms with van der Waals surface area (Å²) in [6, 6.07) is 8.29. The van der Waals surface area contributed by atoms with Crippen molar-refractivity contribution in [2.24, 2.45) is 0 Å². The van der Waals surface area contributed by atoms with Gasteiger partial charge in [0, 0.05) is 23.3 Å². The lowest BCUT2D eigenvalue weighted by molar-refractivity contribution is 0.629. The lowest BCUT2D eigenvalue weighted by atomic mass is 10.2. The zero-order valence-electron chi connectivity index (χ0n) is 8.31. The van der Waals surface area contributed by atoms with Crippen molar-refractivity contribution in [3.05, 3.63) is 48.5 Å². The minimum atomic E-state index is -0.255. The maximum Gasteiger partial charge on any atom is 0.175 e. The van der Waals surface area contributed by atoms with Crippen LogP contribution < -0.4 is 0 Å². The van der Waals surface area contributed by atoms with Gasteiger partial charge in [-0.05, 0) is 30.3 Å². The number of rotatable bonds is 1. The molecule has 78 valence electrons. The molecule has 2 aromatic heterocycles. The van der Waals surface area contributed by atoms with Crippen LogP contribution in [0.25, 0.3) is 22.4 Å². The zero-order valence-corrected chi connectivity index (χ0v) is 8.31. The Bertz CT molecular complexity index is 631. The Morgan fingerprint density at radius 1 is 1.06 bits per heavy atom. The second-order valence-corrected chi connectivity index (χ2v) is 3.49. The van der Waals surface area contributed by atoms with E-state index in [1.54, 1.807) is 24.5 Å². The Morgan fingerprint density at radius 2 is 1.88 bits per heavy atom. The van der Waals surface area contributed by atoms with Crippen molar-refractivity contribution in [1.29, 1.82) is 0 Å². The van der Waals surface area contributed by atoms with E-state index in [0.29, 0.717) is 5.82 Å². The van der Waals surface area contributed by atoms with Crippen LogP contribution in [0.2, 0.25) is 0 Å². The van der Waals surface area contributed by atoms with E-state index in [2.05, 4.69) is 15.0 Å². The maximum atomic E-state index is 13.0. The third-order valence-corrected chi connectivity index (χ3v) is 2.39. The van der Waals surface area contributed by atoms with Gasteiger partial charge in [-0.15, -0.1) is 0 Å². The van der Waals surface area contributed by atoms with E-state index < -0.39 is 0 Å². The number of halogens is 1. The molecule has 4 heteroatoms. The largest absolute Gasteiger partial charge is 0.352 e. The van der Waals surface area contributed by atoms with E-state index >= 15 is 0 Å². The summed E-state index contributed by atoms with van der Waals surface area (Å²) in [5.74, 6) is 0.356. The summed E-state index contributed by atoms with van der Waals surface area (Å²) in [6.45, 7) is 0. The summed E-state index contributed by atoms with van der Waals surface area (Å²) in [7, 11) is 0. The van der Waals surface area contributed by atoms with Gasteiger partial charge in [0.25, 0.3) is 0 Å². The Labute approximate surface area is 91.0 Å². The number of nitrogens with one attached hydrogen (secondary N) is 1. The van der Waals surface area contributed by atoms with Crippen LogP contribution in [-0.2, 0) is 0 Å². The Balaban J connectivity index is 2.19. The molecule has 0 unspecified atom stereocenters. The van der Waals surface area contributed by atoms with Crippen molar-refractivity contribution >= 4 is 10.9 Å². The Hall–Kier alpha value is -2.23. The van der Waals surface area contributed by atoms with Crippen molar-refractivity contribution < 1.29 is 4.39 Å². The normalized spacial score (nSPS) is 10.8. The molecule has 16 heavy (non-hydrogen) atoms. The first kappa shape index (κ1) is 9.03. The molecular weight excluding hydrogens is 205 g/mol. The van der Waals surface area contributed by atoms with E-state index in [1.165, 1.54) is 12.1 Å². The van der Waals surface area contributed by atoms with Crippen LogP contribution in [0, 0.1) is 5.82 Å². The highest BCUT2D eigenvalue weighted by Crippen LogP contribution is 2.21. The second kappa shape index (κ2) is 3.41. The lowest BCUT2D eigenvalue weighted by Crippen LogP contribution is -1.85. The number of aromatic nitrogens is 3. The summed E-state index contributed by atoms with van der Waals surface area (Å²) >= 11 is 0. The summed E-state index contributed by atoms with van der Waals surface area (Å²) < 4.78 is 13.0. The Kier molecular flexibility index (Phi) is 1.93. The highest BCUT2D eigenvalue weighted by molar-refractivity contribution is 5.84. The van der Waals surface area contributed by atoms with E-state index in [4.69, 9.17) is 0 Å². The first-order valence-corrected chi connectivity index (χ1v) is 4.88. The summed E-state index contributed by atoms with van der Waals surface area (Å²) in [5, 5.41) is 0.948. The molecule has 0 amide bonds. The van der Waals surface area contributed by atoms with E-state index in [-0.39, 0.29) is 5.82 Å². The fourth-order valence-electron chi connectivity index (χ4n) is 1.66. The first-order valence-electron chi connectivity index (χ1n) is 4.88. The zero-order chi connectivity index (χ0) is 11.0. The van der Waals surface area contributed by atoms with Gasteiger partial charge in [-0.3, -0.25) is 0 Å². The van der Waals surface area contributed by atoms with Crippen LogP contribution in [-0.4, -0.2) is 15.0 Å². The molecule has 2 heterocycles. The average molecular weight is 213 g/mol. The van der Waals surface area contributed by atoms with E-state index in [0.717, 1.165) is 16.6 Å². The maximum absolute atomic E-state index is 13.0. The SMILES string of the molecule is Fc1ccc2cc(-c3ncccn3)[nH]c2c1. The topological polar surface area (TPSA) is 41.6 Å². The third kappa shape index (κ3) is 1.44. The predicted octanol–water partition coefficient (Wildman–Crippen LogP) is 2.76. The monoisotopic (exact) mass is 213 g/mol. The molecule has 3 aromatic rings. The molecule has 0 saturated heterocycles. The number of hydrogen-bond donors (Lipinski definition) is 1. The molecule has 0 atom stereocenters. The minimum absolute atomic E-state index is 0.255. The molecule has 0 aliphatic carbocycles. The van der Waals surface area contributed by atoms with Crippen molar-refractivity contribution in [3.63, 3.8) is 0 Å². The quantitative estimate of drug-likeness (QED) is 0.675. The van der Waals surface area contributed by atoms with Crippen LogP contribution in [0.4, 0.5) is 4.39 Å². The number of aromatic amines is 1. The van der Waals surface area contributed by atoms with Gasteiger partial charge in [0.2, 0.25) is 0 Å². The number of H-pyrrole nitrogens is 1. The molecule has 0 spiro atoms. The van der Waals surface area contributed by atoms with E-state index in [9.17, 15) is 4.39 Å². The van der Waals surface area contributed by atoms with E-state index in [1.807, 2.05) is 6.07 Å². The fraction of sp³-hybridized carbons (Fsp3) is 0. The standard InChI is InChI=1S/C12H8FN3/c13-9-3-2-8-6-11(16-10(8)7-9)12-14-4-1-5-15-12/h1-7,16H. The molecule has 0 fully saturated rings. The average Bonchev–Trinajstić information content (AvgIpc) is 2.73. The first-order chi connectivity index (χ1) is 7.83. The van der Waals surface area contributed by atoms with Gasteiger partial charge in [-0.1, -0.05) is 0 Å². The van der Waals surface area contributed by atoms with Crippen LogP contribution in [0.15, 0.2) is 42.7 Å². The third-order valence-electron chi connectivity index (χ3n) is 2.39. The smallest absolute Gasteiger partial charge is 0.175 e. The van der Waals surface area contributed by atoms with Crippen LogP contribution in [0.1, 0.15) is 0 Å². The molecule has 0 aliphatic rings. The molecule has 1 aromatic carbocycles. The van der Waals surface area contributed by atoms with Crippen molar-refractivity contribution in [1.82, 2.24) is 15.0 Å². The van der Waals surface area contributed by atoms with Crippen LogP contribution in [0.5, 0.6) is 0 Å². The van der Waals surface area contributed by atoms with Gasteiger partial charge in [0.1, 0.15) is 5.82 Å². The van der Waals surface area contributed by atoms with Crippen LogP contribution >= 0.6 is 0 Å². The van der Waals surface area contributed by atoms with Crippen molar-refractivity contribution in [3.8, 4) is 11.5 Å². The molecule has 3 nitrogen and oxygen atoms in total. The molecule has 0 aliphatic heterocycles. The Morgan fingerprint density at radius 3 is 2.69 bits per heavy atom. The van der Waals surface area contributed by atoms with Crippen molar-refractivity contribution in [2.75, 3.05) is 0 Å². The molecule has 0 saturated carbocycles. The van der Waals surface area contributed by atoms with Gasteiger partial charge < -0.3 is 4.98 Å². The number of fused-ring (bicyclic) bond motifs is 1. The molecule has 0 bridgehead atoms. The van der Waals surface area contributed by atoms with Gasteiger partial charge in [-0.25, -0.2) is 14.4 Å².